The fraction of sp³-hybridized carbons (Fsp3) is 0.700. The van der Waals surface area contributed by atoms with Crippen LogP contribution in [0.2, 0.25) is 0 Å². The third kappa shape index (κ3) is 11.0. The third-order valence-electron chi connectivity index (χ3n) is 2.10. The minimum Gasteiger partial charge on any atom is -0.480 e. The molecule has 0 spiro atoms. The summed E-state index contributed by atoms with van der Waals surface area (Å²) in [5, 5.41) is 26.0. The molecule has 0 saturated carbocycles. The van der Waals surface area contributed by atoms with Crippen molar-refractivity contribution in [3.05, 3.63) is 0 Å². The number of likely N-dealkylation sites (N-methyl/N-ethyl adjacent to an activating group) is 1. The summed E-state index contributed by atoms with van der Waals surface area (Å²) >= 11 is 0. The summed E-state index contributed by atoms with van der Waals surface area (Å²) in [4.78, 5) is 31.9. The second-order valence-corrected chi connectivity index (χ2v) is 3.35. The Morgan fingerprint density at radius 1 is 1.00 bits per heavy atom. The van der Waals surface area contributed by atoms with E-state index in [-0.39, 0.29) is 19.8 Å². The van der Waals surface area contributed by atoms with E-state index in [1.54, 1.807) is 4.90 Å². The summed E-state index contributed by atoms with van der Waals surface area (Å²) < 4.78 is 0. The minimum atomic E-state index is -1.06. The maximum Gasteiger partial charge on any atom is 0.317 e. The first-order valence-corrected chi connectivity index (χ1v) is 5.27. The lowest BCUT2D eigenvalue weighted by atomic mass is 10.4. The molecule has 0 rings (SSSR count). The highest BCUT2D eigenvalue weighted by molar-refractivity contribution is 5.72. The SMILES string of the molecule is C=O.CCN(CO)CCN(CC(=O)O)CC(=O)O. The predicted octanol–water partition coefficient (Wildman–Crippen LogP) is -1.46. The van der Waals surface area contributed by atoms with Crippen LogP contribution in [0.3, 0.4) is 0 Å². The molecule has 8 nitrogen and oxygen atoms in total. The average Bonchev–Trinajstić information content (AvgIpc) is 2.31. The van der Waals surface area contributed by atoms with Crippen LogP contribution >= 0.6 is 0 Å². The Hall–Kier alpha value is -1.51. The number of aliphatic carboxylic acids is 2. The largest absolute Gasteiger partial charge is 0.480 e. The van der Waals surface area contributed by atoms with Crippen molar-refractivity contribution in [1.29, 1.82) is 0 Å². The fourth-order valence-electron chi connectivity index (χ4n) is 1.21. The van der Waals surface area contributed by atoms with Crippen molar-refractivity contribution in [2.24, 2.45) is 0 Å². The van der Waals surface area contributed by atoms with Crippen molar-refractivity contribution >= 4 is 18.7 Å². The smallest absolute Gasteiger partial charge is 0.317 e. The molecule has 0 amide bonds. The molecule has 0 unspecified atom stereocenters. The summed E-state index contributed by atoms with van der Waals surface area (Å²) in [6.07, 6.45) is 0. The van der Waals surface area contributed by atoms with Crippen LogP contribution in [-0.4, -0.2) is 83.3 Å². The Kier molecular flexibility index (Phi) is 12.5. The van der Waals surface area contributed by atoms with E-state index in [1.165, 1.54) is 4.90 Å². The molecule has 8 heteroatoms. The maximum absolute atomic E-state index is 10.5. The van der Waals surface area contributed by atoms with Crippen LogP contribution in [0, 0.1) is 0 Å². The Bertz CT molecular complexity index is 229. The second-order valence-electron chi connectivity index (χ2n) is 3.35. The second kappa shape index (κ2) is 12.0. The maximum atomic E-state index is 10.5. The van der Waals surface area contributed by atoms with Gasteiger partial charge in [-0.25, -0.2) is 0 Å². The van der Waals surface area contributed by atoms with Gasteiger partial charge in [-0.1, -0.05) is 6.92 Å². The van der Waals surface area contributed by atoms with E-state index in [4.69, 9.17) is 20.1 Å². The van der Waals surface area contributed by atoms with Crippen LogP contribution < -0.4 is 0 Å². The van der Waals surface area contributed by atoms with Crippen LogP contribution in [0.1, 0.15) is 6.92 Å². The normalized spacial score (nSPS) is 10.0. The number of aliphatic hydroxyl groups excluding tert-OH is 1. The average molecular weight is 264 g/mol. The molecule has 3 N–H and O–H groups in total. The van der Waals surface area contributed by atoms with Crippen molar-refractivity contribution in [2.75, 3.05) is 39.5 Å². The van der Waals surface area contributed by atoms with Crippen LogP contribution in [0.15, 0.2) is 0 Å². The lowest BCUT2D eigenvalue weighted by molar-refractivity contribution is -0.141. The standard InChI is InChI=1S/C9H18N2O5.CH2O/c1-2-10(7-12)3-4-11(5-8(13)14)6-9(15)16;1-2/h12H,2-7H2,1H3,(H,13,14)(H,15,16);1H2. The Morgan fingerprint density at radius 2 is 1.39 bits per heavy atom. The molecule has 0 aliphatic carbocycles. The summed E-state index contributed by atoms with van der Waals surface area (Å²) in [6, 6.07) is 0. The third-order valence-corrected chi connectivity index (χ3v) is 2.10. The van der Waals surface area contributed by atoms with Gasteiger partial charge in [0.2, 0.25) is 0 Å². The number of carbonyl (C=O) groups excluding carboxylic acids is 1. The van der Waals surface area contributed by atoms with Crippen molar-refractivity contribution < 1.29 is 29.7 Å². The van der Waals surface area contributed by atoms with E-state index in [0.717, 1.165) is 0 Å². The minimum absolute atomic E-state index is 0.121. The van der Waals surface area contributed by atoms with Gasteiger partial charge in [-0.3, -0.25) is 19.4 Å². The van der Waals surface area contributed by atoms with E-state index in [9.17, 15) is 9.59 Å². The van der Waals surface area contributed by atoms with Crippen molar-refractivity contribution in [2.45, 2.75) is 6.92 Å². The van der Waals surface area contributed by atoms with Gasteiger partial charge >= 0.3 is 11.9 Å². The van der Waals surface area contributed by atoms with E-state index in [0.29, 0.717) is 19.6 Å². The highest BCUT2D eigenvalue weighted by atomic mass is 16.4. The van der Waals surface area contributed by atoms with E-state index in [1.807, 2.05) is 13.7 Å². The number of nitrogens with zero attached hydrogens (tertiary/aromatic N) is 2. The molecule has 106 valence electrons. The van der Waals surface area contributed by atoms with Gasteiger partial charge in [-0.2, -0.15) is 0 Å². The molecule has 0 aliphatic rings. The molecular formula is C10H20N2O6. The molecule has 0 radical (unpaired) electrons. The molecule has 18 heavy (non-hydrogen) atoms. The zero-order valence-electron chi connectivity index (χ0n) is 10.4. The van der Waals surface area contributed by atoms with Gasteiger partial charge in [0, 0.05) is 13.1 Å². The van der Waals surface area contributed by atoms with Gasteiger partial charge in [0.15, 0.2) is 0 Å². The van der Waals surface area contributed by atoms with Crippen LogP contribution in [0.5, 0.6) is 0 Å². The summed E-state index contributed by atoms with van der Waals surface area (Å²) in [5.41, 5.74) is 0. The van der Waals surface area contributed by atoms with Crippen LogP contribution in [0.4, 0.5) is 0 Å². The number of carboxylic acids is 2. The molecular weight excluding hydrogens is 244 g/mol. The molecule has 0 aromatic carbocycles. The first kappa shape index (κ1) is 18.8. The lowest BCUT2D eigenvalue weighted by Gasteiger charge is -2.23. The van der Waals surface area contributed by atoms with Gasteiger partial charge in [0.05, 0.1) is 19.8 Å². The molecule has 0 atom stereocenters. The summed E-state index contributed by atoms with van der Waals surface area (Å²) in [6.45, 7) is 4.48. The van der Waals surface area contributed by atoms with Crippen molar-refractivity contribution in [3.8, 4) is 0 Å². The monoisotopic (exact) mass is 264 g/mol. The molecule has 0 heterocycles. The number of hydrogen-bond donors (Lipinski definition) is 3. The van der Waals surface area contributed by atoms with E-state index < -0.39 is 11.9 Å². The Morgan fingerprint density at radius 3 is 1.67 bits per heavy atom. The van der Waals surface area contributed by atoms with Gasteiger partial charge < -0.3 is 20.1 Å². The van der Waals surface area contributed by atoms with E-state index in [2.05, 4.69) is 0 Å². The topological polar surface area (TPSA) is 118 Å². The van der Waals surface area contributed by atoms with Crippen molar-refractivity contribution in [1.82, 2.24) is 9.80 Å². The summed E-state index contributed by atoms with van der Waals surface area (Å²) in [5.74, 6) is -2.12. The van der Waals surface area contributed by atoms with E-state index >= 15 is 0 Å². The number of carboxylic acid groups (broad SMARTS) is 2. The zero-order chi connectivity index (χ0) is 14.6. The van der Waals surface area contributed by atoms with Crippen LogP contribution in [-0.2, 0) is 14.4 Å². The highest BCUT2D eigenvalue weighted by Crippen LogP contribution is 1.92. The molecule has 0 aromatic heterocycles. The number of carbonyl (C=O) groups is 3. The molecule has 0 aliphatic heterocycles. The lowest BCUT2D eigenvalue weighted by Crippen LogP contribution is -2.40. The fourth-order valence-corrected chi connectivity index (χ4v) is 1.21. The van der Waals surface area contributed by atoms with Gasteiger partial charge in [-0.05, 0) is 6.54 Å². The zero-order valence-corrected chi connectivity index (χ0v) is 10.4. The molecule has 0 aromatic rings. The summed E-state index contributed by atoms with van der Waals surface area (Å²) in [7, 11) is 0. The van der Waals surface area contributed by atoms with Gasteiger partial charge in [-0.15, -0.1) is 0 Å². The first-order chi connectivity index (χ1) is 8.49. The van der Waals surface area contributed by atoms with Crippen molar-refractivity contribution in [3.63, 3.8) is 0 Å². The highest BCUT2D eigenvalue weighted by Gasteiger charge is 2.14. The quantitative estimate of drug-likeness (QED) is 0.433. The molecule has 0 bridgehead atoms. The number of rotatable bonds is 9. The Balaban J connectivity index is 0. The predicted molar refractivity (Wildman–Crippen MR) is 63.2 cm³/mol. The first-order valence-electron chi connectivity index (χ1n) is 5.27. The molecule has 0 saturated heterocycles. The molecule has 0 fully saturated rings. The van der Waals surface area contributed by atoms with Gasteiger partial charge in [0.25, 0.3) is 0 Å². The number of aliphatic hydroxyl groups is 1. The van der Waals surface area contributed by atoms with Gasteiger partial charge in [0.1, 0.15) is 6.79 Å². The number of hydrogen-bond acceptors (Lipinski definition) is 6. The Labute approximate surface area is 105 Å². The van der Waals surface area contributed by atoms with Crippen LogP contribution in [0.25, 0.3) is 0 Å².